The highest BCUT2D eigenvalue weighted by Gasteiger charge is 2.18. The van der Waals surface area contributed by atoms with Gasteiger partial charge in [-0.3, -0.25) is 0 Å². The van der Waals surface area contributed by atoms with Crippen LogP contribution in [0.3, 0.4) is 0 Å². The van der Waals surface area contributed by atoms with Gasteiger partial charge in [0.05, 0.1) is 11.0 Å². The first kappa shape index (κ1) is 14.2. The second-order valence-corrected chi connectivity index (χ2v) is 5.95. The minimum atomic E-state index is -0.320. The van der Waals surface area contributed by atoms with Gasteiger partial charge in [-0.05, 0) is 25.6 Å². The van der Waals surface area contributed by atoms with Crippen molar-refractivity contribution in [2.24, 2.45) is 0 Å². The van der Waals surface area contributed by atoms with E-state index in [-0.39, 0.29) is 11.9 Å². The number of fused-ring (bicyclic) bond motifs is 1. The predicted octanol–water partition coefficient (Wildman–Crippen LogP) is 4.23. The normalized spacial score (nSPS) is 12.9. The number of hydrogen-bond acceptors (Lipinski definition) is 4. The number of hydrogen-bond donors (Lipinski definition) is 1. The summed E-state index contributed by atoms with van der Waals surface area (Å²) >= 11 is 1.64. The van der Waals surface area contributed by atoms with E-state index in [2.05, 4.69) is 10.3 Å². The number of rotatable bonds is 5. The molecule has 0 amide bonds. The number of thiazole rings is 1. The summed E-state index contributed by atoms with van der Waals surface area (Å²) in [4.78, 5) is 4.49. The number of nitrogens with zero attached hydrogens (tertiary/aromatic N) is 1. The lowest BCUT2D eigenvalue weighted by Crippen LogP contribution is -2.22. The summed E-state index contributed by atoms with van der Waals surface area (Å²) in [7, 11) is 0. The van der Waals surface area contributed by atoms with E-state index in [1.165, 1.54) is 6.07 Å². The minimum absolute atomic E-state index is 0.00681. The monoisotopic (exact) mass is 304 g/mol. The number of likely N-dealkylation sites (N-methyl/N-ethyl adjacent to an activating group) is 1. The van der Waals surface area contributed by atoms with Crippen LogP contribution in [0.15, 0.2) is 34.1 Å². The van der Waals surface area contributed by atoms with Gasteiger partial charge >= 0.3 is 0 Å². The molecule has 3 aromatic rings. The maximum Gasteiger partial charge on any atom is 0.169 e. The van der Waals surface area contributed by atoms with Gasteiger partial charge in [0.1, 0.15) is 5.76 Å². The van der Waals surface area contributed by atoms with Gasteiger partial charge < -0.3 is 9.73 Å². The van der Waals surface area contributed by atoms with Crippen molar-refractivity contribution in [1.82, 2.24) is 10.3 Å². The van der Waals surface area contributed by atoms with E-state index in [0.717, 1.165) is 34.8 Å². The smallest absolute Gasteiger partial charge is 0.169 e. The van der Waals surface area contributed by atoms with E-state index in [1.807, 2.05) is 31.4 Å². The molecule has 0 bridgehead atoms. The van der Waals surface area contributed by atoms with E-state index in [9.17, 15) is 4.39 Å². The average molecular weight is 304 g/mol. The molecule has 110 valence electrons. The summed E-state index contributed by atoms with van der Waals surface area (Å²) in [5, 5.41) is 7.28. The molecule has 0 fully saturated rings. The van der Waals surface area contributed by atoms with E-state index < -0.39 is 0 Å². The molecule has 2 heterocycles. The molecule has 3 rings (SSSR count). The van der Waals surface area contributed by atoms with Crippen molar-refractivity contribution in [1.29, 1.82) is 0 Å². The van der Waals surface area contributed by atoms with Crippen LogP contribution in [-0.2, 0) is 6.42 Å². The average Bonchev–Trinajstić information content (AvgIpc) is 3.05. The number of furan rings is 1. The summed E-state index contributed by atoms with van der Waals surface area (Å²) in [6.07, 6.45) is 0.744. The quantitative estimate of drug-likeness (QED) is 0.766. The highest BCUT2D eigenvalue weighted by Crippen LogP contribution is 2.28. The Balaban J connectivity index is 1.93. The van der Waals surface area contributed by atoms with E-state index in [4.69, 9.17) is 4.42 Å². The van der Waals surface area contributed by atoms with Gasteiger partial charge in [0.15, 0.2) is 11.4 Å². The lowest BCUT2D eigenvalue weighted by molar-refractivity contribution is 0.427. The van der Waals surface area contributed by atoms with Crippen LogP contribution in [0.5, 0.6) is 0 Å². The van der Waals surface area contributed by atoms with Crippen LogP contribution in [0.2, 0.25) is 0 Å². The van der Waals surface area contributed by atoms with Crippen LogP contribution in [0.1, 0.15) is 29.4 Å². The maximum absolute atomic E-state index is 13.8. The molecule has 0 aliphatic heterocycles. The standard InChI is InChI=1S/C16H17FN2OS/c1-3-18-13(8-15-19-10(2)9-21-15)14-7-11-5-4-6-12(17)16(11)20-14/h4-7,9,13,18H,3,8H2,1-2H3. The molecular weight excluding hydrogens is 287 g/mol. The largest absolute Gasteiger partial charge is 0.456 e. The van der Waals surface area contributed by atoms with Gasteiger partial charge in [-0.15, -0.1) is 11.3 Å². The first-order chi connectivity index (χ1) is 10.2. The summed E-state index contributed by atoms with van der Waals surface area (Å²) in [5.41, 5.74) is 1.35. The fourth-order valence-corrected chi connectivity index (χ4v) is 3.23. The molecule has 0 aliphatic rings. The second-order valence-electron chi connectivity index (χ2n) is 5.00. The third-order valence-corrected chi connectivity index (χ3v) is 4.34. The van der Waals surface area contributed by atoms with Gasteiger partial charge in [0.2, 0.25) is 0 Å². The molecule has 21 heavy (non-hydrogen) atoms. The van der Waals surface area contributed by atoms with Crippen LogP contribution in [0.25, 0.3) is 11.0 Å². The second kappa shape index (κ2) is 5.95. The molecule has 2 aromatic heterocycles. The van der Waals surface area contributed by atoms with Crippen molar-refractivity contribution in [3.05, 3.63) is 51.9 Å². The summed E-state index contributed by atoms with van der Waals surface area (Å²) in [6, 6.07) is 6.90. The molecule has 0 saturated heterocycles. The zero-order valence-corrected chi connectivity index (χ0v) is 12.8. The molecular formula is C16H17FN2OS. The minimum Gasteiger partial charge on any atom is -0.456 e. The Morgan fingerprint density at radius 1 is 1.43 bits per heavy atom. The molecule has 1 unspecified atom stereocenters. The number of halogens is 1. The zero-order chi connectivity index (χ0) is 14.8. The van der Waals surface area contributed by atoms with E-state index in [1.54, 1.807) is 17.4 Å². The highest BCUT2D eigenvalue weighted by atomic mass is 32.1. The highest BCUT2D eigenvalue weighted by molar-refractivity contribution is 7.09. The molecule has 1 aromatic carbocycles. The fourth-order valence-electron chi connectivity index (χ4n) is 2.41. The Labute approximate surface area is 126 Å². The van der Waals surface area contributed by atoms with Gasteiger partial charge in [0, 0.05) is 22.9 Å². The Bertz CT molecular complexity index is 750. The first-order valence-electron chi connectivity index (χ1n) is 6.99. The van der Waals surface area contributed by atoms with Crippen LogP contribution in [0, 0.1) is 12.7 Å². The first-order valence-corrected chi connectivity index (χ1v) is 7.87. The number of aryl methyl sites for hydroxylation is 1. The fraction of sp³-hybridized carbons (Fsp3) is 0.312. The van der Waals surface area contributed by atoms with Crippen LogP contribution in [0.4, 0.5) is 4.39 Å². The Morgan fingerprint density at radius 3 is 2.95 bits per heavy atom. The molecule has 1 N–H and O–H groups in total. The number of benzene rings is 1. The van der Waals surface area contributed by atoms with Gasteiger partial charge in [-0.1, -0.05) is 19.1 Å². The van der Waals surface area contributed by atoms with Crippen molar-refractivity contribution in [2.75, 3.05) is 6.54 Å². The summed E-state index contributed by atoms with van der Waals surface area (Å²) in [6.45, 7) is 4.84. The number of para-hydroxylation sites is 1. The topological polar surface area (TPSA) is 38.1 Å². The lowest BCUT2D eigenvalue weighted by Gasteiger charge is -2.13. The molecule has 1 atom stereocenters. The summed E-state index contributed by atoms with van der Waals surface area (Å²) in [5.74, 6) is 0.434. The molecule has 0 aliphatic carbocycles. The van der Waals surface area contributed by atoms with Gasteiger partial charge in [0.25, 0.3) is 0 Å². The van der Waals surface area contributed by atoms with Crippen molar-refractivity contribution < 1.29 is 8.81 Å². The molecule has 5 heteroatoms. The Morgan fingerprint density at radius 2 is 2.29 bits per heavy atom. The number of nitrogens with one attached hydrogen (secondary N) is 1. The van der Waals surface area contributed by atoms with E-state index >= 15 is 0 Å². The Kier molecular flexibility index (Phi) is 4.03. The number of aromatic nitrogens is 1. The zero-order valence-electron chi connectivity index (χ0n) is 12.0. The van der Waals surface area contributed by atoms with Crippen molar-refractivity contribution in [2.45, 2.75) is 26.3 Å². The van der Waals surface area contributed by atoms with Crippen molar-refractivity contribution >= 4 is 22.3 Å². The van der Waals surface area contributed by atoms with Crippen molar-refractivity contribution in [3.63, 3.8) is 0 Å². The molecule has 0 saturated carbocycles. The molecule has 0 spiro atoms. The SMILES string of the molecule is CCNC(Cc1nc(C)cs1)c1cc2cccc(F)c2o1. The third-order valence-electron chi connectivity index (χ3n) is 3.35. The van der Waals surface area contributed by atoms with Crippen LogP contribution >= 0.6 is 11.3 Å². The van der Waals surface area contributed by atoms with Crippen LogP contribution < -0.4 is 5.32 Å². The summed E-state index contributed by atoms with van der Waals surface area (Å²) < 4.78 is 19.5. The third kappa shape index (κ3) is 2.99. The Hall–Kier alpha value is -1.72. The van der Waals surface area contributed by atoms with Gasteiger partial charge in [-0.25, -0.2) is 9.37 Å². The maximum atomic E-state index is 13.8. The van der Waals surface area contributed by atoms with Gasteiger partial charge in [-0.2, -0.15) is 0 Å². The molecule has 3 nitrogen and oxygen atoms in total. The lowest BCUT2D eigenvalue weighted by atomic mass is 10.1. The van der Waals surface area contributed by atoms with Crippen molar-refractivity contribution in [3.8, 4) is 0 Å². The van der Waals surface area contributed by atoms with E-state index in [0.29, 0.717) is 5.58 Å². The predicted molar refractivity (Wildman–Crippen MR) is 83.1 cm³/mol. The molecule has 0 radical (unpaired) electrons. The van der Waals surface area contributed by atoms with Crippen LogP contribution in [-0.4, -0.2) is 11.5 Å².